The summed E-state index contributed by atoms with van der Waals surface area (Å²) in [5, 5.41) is 3.07. The smallest absolute Gasteiger partial charge is 0.238 e. The SMILES string of the molecule is Cc1ccc(NC(=O)CN2CCC[C@H]2c2ccc3c(c2)OCCCO3)c(C)c1. The molecule has 1 saturated heterocycles. The first-order valence-corrected chi connectivity index (χ1v) is 10.1. The zero-order valence-corrected chi connectivity index (χ0v) is 16.7. The molecule has 2 heterocycles. The van der Waals surface area contributed by atoms with Gasteiger partial charge in [-0.2, -0.15) is 0 Å². The maximum absolute atomic E-state index is 12.7. The zero-order chi connectivity index (χ0) is 19.5. The quantitative estimate of drug-likeness (QED) is 0.862. The molecule has 1 N–H and O–H groups in total. The van der Waals surface area contributed by atoms with E-state index >= 15 is 0 Å². The lowest BCUT2D eigenvalue weighted by Gasteiger charge is -2.25. The summed E-state index contributed by atoms with van der Waals surface area (Å²) in [7, 11) is 0. The largest absolute Gasteiger partial charge is 0.490 e. The average Bonchev–Trinajstić information content (AvgIpc) is 2.99. The van der Waals surface area contributed by atoms with Crippen LogP contribution in [0.1, 0.15) is 42.0 Å². The monoisotopic (exact) mass is 380 g/mol. The molecule has 148 valence electrons. The maximum Gasteiger partial charge on any atom is 0.238 e. The van der Waals surface area contributed by atoms with Crippen molar-refractivity contribution in [3.05, 3.63) is 53.1 Å². The van der Waals surface area contributed by atoms with Crippen LogP contribution in [0.5, 0.6) is 11.5 Å². The number of aryl methyl sites for hydroxylation is 2. The lowest BCUT2D eigenvalue weighted by atomic mass is 10.0. The first-order chi connectivity index (χ1) is 13.6. The minimum atomic E-state index is 0.0354. The van der Waals surface area contributed by atoms with E-state index in [0.717, 1.165) is 48.6 Å². The van der Waals surface area contributed by atoms with Crippen molar-refractivity contribution in [1.82, 2.24) is 4.90 Å². The number of hydrogen-bond acceptors (Lipinski definition) is 4. The molecule has 5 nitrogen and oxygen atoms in total. The molecule has 1 atom stereocenters. The van der Waals surface area contributed by atoms with E-state index in [4.69, 9.17) is 9.47 Å². The second-order valence-electron chi connectivity index (χ2n) is 7.75. The Bertz CT molecular complexity index is 865. The van der Waals surface area contributed by atoms with Crippen LogP contribution in [-0.2, 0) is 4.79 Å². The van der Waals surface area contributed by atoms with Gasteiger partial charge >= 0.3 is 0 Å². The highest BCUT2D eigenvalue weighted by Gasteiger charge is 2.28. The molecule has 0 spiro atoms. The molecule has 0 radical (unpaired) electrons. The fourth-order valence-corrected chi connectivity index (χ4v) is 4.11. The Balaban J connectivity index is 1.45. The third-order valence-electron chi connectivity index (χ3n) is 5.52. The van der Waals surface area contributed by atoms with Gasteiger partial charge in [0.05, 0.1) is 19.8 Å². The van der Waals surface area contributed by atoms with Gasteiger partial charge in [0.25, 0.3) is 0 Å². The molecule has 28 heavy (non-hydrogen) atoms. The molecule has 4 rings (SSSR count). The number of likely N-dealkylation sites (tertiary alicyclic amines) is 1. The normalized spacial score (nSPS) is 19.3. The van der Waals surface area contributed by atoms with Crippen LogP contribution in [0.3, 0.4) is 0 Å². The molecule has 1 fully saturated rings. The van der Waals surface area contributed by atoms with Crippen molar-refractivity contribution in [3.8, 4) is 11.5 Å². The third-order valence-corrected chi connectivity index (χ3v) is 5.52. The maximum atomic E-state index is 12.7. The Morgan fingerprint density at radius 1 is 1.07 bits per heavy atom. The van der Waals surface area contributed by atoms with Crippen LogP contribution in [0.2, 0.25) is 0 Å². The summed E-state index contributed by atoms with van der Waals surface area (Å²) in [6.07, 6.45) is 3.05. The summed E-state index contributed by atoms with van der Waals surface area (Å²) in [6, 6.07) is 12.5. The Hall–Kier alpha value is -2.53. The number of rotatable bonds is 4. The van der Waals surface area contributed by atoms with Crippen molar-refractivity contribution in [3.63, 3.8) is 0 Å². The van der Waals surface area contributed by atoms with Gasteiger partial charge < -0.3 is 14.8 Å². The standard InChI is InChI=1S/C23H28N2O3/c1-16-6-8-19(17(2)13-16)24-23(26)15-25-10-3-5-20(25)18-7-9-21-22(14-18)28-12-4-11-27-21/h6-9,13-14,20H,3-5,10-12,15H2,1-2H3,(H,24,26)/t20-/m0/s1. The number of nitrogens with one attached hydrogen (secondary N) is 1. The van der Waals surface area contributed by atoms with E-state index in [9.17, 15) is 4.79 Å². The highest BCUT2D eigenvalue weighted by atomic mass is 16.5. The molecule has 2 aliphatic heterocycles. The van der Waals surface area contributed by atoms with Crippen molar-refractivity contribution in [2.24, 2.45) is 0 Å². The van der Waals surface area contributed by atoms with Gasteiger partial charge in [-0.05, 0) is 62.6 Å². The molecular weight excluding hydrogens is 352 g/mol. The van der Waals surface area contributed by atoms with Crippen molar-refractivity contribution >= 4 is 11.6 Å². The van der Waals surface area contributed by atoms with Crippen LogP contribution in [0.25, 0.3) is 0 Å². The molecule has 0 aliphatic carbocycles. The summed E-state index contributed by atoms with van der Waals surface area (Å²) in [5.41, 5.74) is 4.38. The summed E-state index contributed by atoms with van der Waals surface area (Å²) in [6.45, 7) is 6.79. The molecule has 2 aliphatic rings. The van der Waals surface area contributed by atoms with Gasteiger partial charge in [0.2, 0.25) is 5.91 Å². The number of benzene rings is 2. The van der Waals surface area contributed by atoms with Gasteiger partial charge in [-0.25, -0.2) is 0 Å². The van der Waals surface area contributed by atoms with Crippen LogP contribution in [0.15, 0.2) is 36.4 Å². The van der Waals surface area contributed by atoms with Crippen LogP contribution in [0, 0.1) is 13.8 Å². The second-order valence-corrected chi connectivity index (χ2v) is 7.75. The molecule has 2 aromatic rings. The van der Waals surface area contributed by atoms with E-state index in [2.05, 4.69) is 35.3 Å². The second kappa shape index (κ2) is 8.23. The van der Waals surface area contributed by atoms with E-state index in [-0.39, 0.29) is 11.9 Å². The van der Waals surface area contributed by atoms with Gasteiger partial charge in [0.15, 0.2) is 11.5 Å². The number of carbonyl (C=O) groups is 1. The molecular formula is C23H28N2O3. The topological polar surface area (TPSA) is 50.8 Å². The van der Waals surface area contributed by atoms with E-state index in [1.807, 2.05) is 25.1 Å². The van der Waals surface area contributed by atoms with E-state index < -0.39 is 0 Å². The van der Waals surface area contributed by atoms with Crippen molar-refractivity contribution in [2.45, 2.75) is 39.2 Å². The minimum Gasteiger partial charge on any atom is -0.490 e. The first-order valence-electron chi connectivity index (χ1n) is 10.1. The highest BCUT2D eigenvalue weighted by molar-refractivity contribution is 5.93. The van der Waals surface area contributed by atoms with Crippen LogP contribution < -0.4 is 14.8 Å². The van der Waals surface area contributed by atoms with Gasteiger partial charge in [-0.15, -0.1) is 0 Å². The van der Waals surface area contributed by atoms with E-state index in [0.29, 0.717) is 19.8 Å². The predicted molar refractivity (Wildman–Crippen MR) is 110 cm³/mol. The fraction of sp³-hybridized carbons (Fsp3) is 0.435. The molecule has 0 aromatic heterocycles. The molecule has 0 unspecified atom stereocenters. The molecule has 1 amide bonds. The van der Waals surface area contributed by atoms with Crippen LogP contribution in [0.4, 0.5) is 5.69 Å². The molecule has 5 heteroatoms. The van der Waals surface area contributed by atoms with Crippen LogP contribution in [-0.4, -0.2) is 37.1 Å². The number of amides is 1. The van der Waals surface area contributed by atoms with E-state index in [1.54, 1.807) is 0 Å². The predicted octanol–water partition coefficient (Wildman–Crippen LogP) is 4.24. The minimum absolute atomic E-state index is 0.0354. The third kappa shape index (κ3) is 4.14. The average molecular weight is 380 g/mol. The van der Waals surface area contributed by atoms with Gasteiger partial charge in [0, 0.05) is 18.2 Å². The Morgan fingerprint density at radius 2 is 1.89 bits per heavy atom. The first kappa shape index (κ1) is 18.8. The van der Waals surface area contributed by atoms with E-state index in [1.165, 1.54) is 11.1 Å². The molecule has 0 saturated carbocycles. The van der Waals surface area contributed by atoms with Crippen molar-refractivity contribution in [1.29, 1.82) is 0 Å². The van der Waals surface area contributed by atoms with Crippen molar-refractivity contribution in [2.75, 3.05) is 31.6 Å². The Kier molecular flexibility index (Phi) is 5.53. The highest BCUT2D eigenvalue weighted by Crippen LogP contribution is 2.37. The number of ether oxygens (including phenoxy) is 2. The number of hydrogen-bond donors (Lipinski definition) is 1. The number of anilines is 1. The Morgan fingerprint density at radius 3 is 2.71 bits per heavy atom. The molecule has 2 aromatic carbocycles. The van der Waals surface area contributed by atoms with Crippen LogP contribution >= 0.6 is 0 Å². The molecule has 0 bridgehead atoms. The summed E-state index contributed by atoms with van der Waals surface area (Å²) < 4.78 is 11.6. The van der Waals surface area contributed by atoms with Gasteiger partial charge in [0.1, 0.15) is 0 Å². The zero-order valence-electron chi connectivity index (χ0n) is 16.7. The number of nitrogens with zero attached hydrogens (tertiary/aromatic N) is 1. The Labute approximate surface area is 166 Å². The summed E-state index contributed by atoms with van der Waals surface area (Å²) >= 11 is 0. The lowest BCUT2D eigenvalue weighted by molar-refractivity contribution is -0.117. The summed E-state index contributed by atoms with van der Waals surface area (Å²) in [4.78, 5) is 14.9. The van der Waals surface area contributed by atoms with Gasteiger partial charge in [-0.3, -0.25) is 9.69 Å². The number of fused-ring (bicyclic) bond motifs is 1. The van der Waals surface area contributed by atoms with Gasteiger partial charge in [-0.1, -0.05) is 23.8 Å². The summed E-state index contributed by atoms with van der Waals surface area (Å²) in [5.74, 6) is 1.67. The van der Waals surface area contributed by atoms with Crippen molar-refractivity contribution < 1.29 is 14.3 Å². The number of carbonyl (C=O) groups excluding carboxylic acids is 1. The lowest BCUT2D eigenvalue weighted by Crippen LogP contribution is -2.33. The fourth-order valence-electron chi connectivity index (χ4n) is 4.11.